The Morgan fingerprint density at radius 2 is 1.44 bits per heavy atom. The van der Waals surface area contributed by atoms with Crippen LogP contribution in [0.15, 0.2) is 102 Å². The van der Waals surface area contributed by atoms with Gasteiger partial charge in [0.2, 0.25) is 5.75 Å². The largest absolute Gasteiger partial charge is 0.481 e. The van der Waals surface area contributed by atoms with Gasteiger partial charge in [-0.3, -0.25) is 4.79 Å². The van der Waals surface area contributed by atoms with Crippen molar-refractivity contribution in [3.05, 3.63) is 113 Å². The average Bonchev–Trinajstić information content (AvgIpc) is 2.94. The molecule has 1 N–H and O–H groups in total. The van der Waals surface area contributed by atoms with E-state index in [1.54, 1.807) is 11.1 Å². The van der Waals surface area contributed by atoms with Crippen LogP contribution in [-0.4, -0.2) is 46.9 Å². The summed E-state index contributed by atoms with van der Waals surface area (Å²) in [6.45, 7) is 2.40. The van der Waals surface area contributed by atoms with E-state index in [4.69, 9.17) is 4.74 Å². The zero-order chi connectivity index (χ0) is 24.7. The first-order chi connectivity index (χ1) is 17.7. The molecule has 1 aromatic heterocycles. The van der Waals surface area contributed by atoms with Crippen molar-refractivity contribution in [3.63, 3.8) is 0 Å². The van der Waals surface area contributed by atoms with E-state index in [1.807, 2.05) is 91.0 Å². The van der Waals surface area contributed by atoms with Crippen LogP contribution in [0.3, 0.4) is 0 Å². The molecular formula is C28H27N5O3. The van der Waals surface area contributed by atoms with Gasteiger partial charge in [-0.05, 0) is 29.8 Å². The Labute approximate surface area is 209 Å². The van der Waals surface area contributed by atoms with E-state index in [0.717, 1.165) is 11.3 Å². The van der Waals surface area contributed by atoms with Crippen LogP contribution in [0, 0.1) is 0 Å². The molecule has 1 saturated heterocycles. The fourth-order valence-electron chi connectivity index (χ4n) is 4.15. The van der Waals surface area contributed by atoms with Gasteiger partial charge in [0.05, 0.1) is 11.9 Å². The number of rotatable bonds is 6. The number of piperazine rings is 1. The molecule has 0 atom stereocenters. The second-order valence-corrected chi connectivity index (χ2v) is 8.46. The lowest BCUT2D eigenvalue weighted by Crippen LogP contribution is -2.50. The summed E-state index contributed by atoms with van der Waals surface area (Å²) >= 11 is 0. The molecule has 1 aliphatic rings. The van der Waals surface area contributed by atoms with Crippen molar-refractivity contribution < 1.29 is 9.53 Å². The van der Waals surface area contributed by atoms with Crippen LogP contribution < -0.4 is 20.5 Å². The maximum atomic E-state index is 13.5. The number of ether oxygens (including phenoxy) is 1. The van der Waals surface area contributed by atoms with Crippen molar-refractivity contribution in [1.82, 2.24) is 14.7 Å². The zero-order valence-corrected chi connectivity index (χ0v) is 19.8. The van der Waals surface area contributed by atoms with Crippen molar-refractivity contribution in [2.45, 2.75) is 6.61 Å². The van der Waals surface area contributed by atoms with Gasteiger partial charge in [0, 0.05) is 31.9 Å². The van der Waals surface area contributed by atoms with Gasteiger partial charge in [-0.25, -0.2) is 4.79 Å². The first-order valence-electron chi connectivity index (χ1n) is 11.9. The fraction of sp³-hybridized carbons (Fsp3) is 0.179. The normalized spacial score (nSPS) is 13.3. The van der Waals surface area contributed by atoms with Crippen molar-refractivity contribution in [2.75, 3.05) is 36.4 Å². The molecule has 0 spiro atoms. The highest BCUT2D eigenvalue weighted by atomic mass is 16.5. The maximum Gasteiger partial charge on any atom is 0.321 e. The van der Waals surface area contributed by atoms with E-state index in [0.29, 0.717) is 37.6 Å². The molecule has 0 bridgehead atoms. The monoisotopic (exact) mass is 481 g/mol. The Kier molecular flexibility index (Phi) is 6.93. The van der Waals surface area contributed by atoms with E-state index >= 15 is 0 Å². The molecule has 3 aromatic carbocycles. The first-order valence-corrected chi connectivity index (χ1v) is 11.9. The number of nitrogens with zero attached hydrogens (tertiary/aromatic N) is 4. The van der Waals surface area contributed by atoms with Gasteiger partial charge in [-0.1, -0.05) is 66.7 Å². The summed E-state index contributed by atoms with van der Waals surface area (Å²) in [5, 5.41) is 7.37. The van der Waals surface area contributed by atoms with E-state index in [9.17, 15) is 9.59 Å². The van der Waals surface area contributed by atoms with Crippen molar-refractivity contribution >= 4 is 17.4 Å². The van der Waals surface area contributed by atoms with Crippen LogP contribution >= 0.6 is 0 Å². The molecule has 0 saturated carbocycles. The van der Waals surface area contributed by atoms with Gasteiger partial charge in [0.1, 0.15) is 12.3 Å². The zero-order valence-electron chi connectivity index (χ0n) is 19.8. The number of nitrogens with one attached hydrogen (secondary N) is 1. The van der Waals surface area contributed by atoms with Crippen LogP contribution in [0.25, 0.3) is 5.69 Å². The van der Waals surface area contributed by atoms with Crippen LogP contribution in [-0.2, 0) is 6.61 Å². The molecule has 36 heavy (non-hydrogen) atoms. The van der Waals surface area contributed by atoms with Gasteiger partial charge < -0.3 is 19.9 Å². The maximum absolute atomic E-state index is 13.5. The first kappa shape index (κ1) is 23.2. The molecule has 2 amide bonds. The van der Waals surface area contributed by atoms with E-state index in [2.05, 4.69) is 15.3 Å². The van der Waals surface area contributed by atoms with Gasteiger partial charge in [0.25, 0.3) is 0 Å². The molecule has 1 fully saturated rings. The molecular weight excluding hydrogens is 454 g/mol. The third-order valence-electron chi connectivity index (χ3n) is 6.07. The van der Waals surface area contributed by atoms with Gasteiger partial charge in [0.15, 0.2) is 0 Å². The van der Waals surface area contributed by atoms with Gasteiger partial charge >= 0.3 is 11.6 Å². The lowest BCUT2D eigenvalue weighted by atomic mass is 10.2. The lowest BCUT2D eigenvalue weighted by Gasteiger charge is -2.36. The molecule has 1 aliphatic heterocycles. The highest BCUT2D eigenvalue weighted by Gasteiger charge is 2.25. The topological polar surface area (TPSA) is 79.7 Å². The molecule has 5 rings (SSSR count). The Bertz CT molecular complexity index is 1350. The second kappa shape index (κ2) is 10.8. The van der Waals surface area contributed by atoms with E-state index in [1.165, 1.54) is 4.68 Å². The number of amides is 2. The number of hydrogen-bond acceptors (Lipinski definition) is 5. The second-order valence-electron chi connectivity index (χ2n) is 8.46. The number of carbonyl (C=O) groups is 1. The number of benzene rings is 3. The smallest absolute Gasteiger partial charge is 0.321 e. The third-order valence-corrected chi connectivity index (χ3v) is 6.07. The number of urea groups is 1. The molecule has 8 heteroatoms. The highest BCUT2D eigenvalue weighted by molar-refractivity contribution is 5.89. The standard InChI is InChI=1S/C28H27N5O3/c34-27-26(36-21-22-10-4-1-5-11-22)25(20-29-33(27)24-14-8-3-9-15-24)31-16-18-32(19-17-31)28(35)30-23-12-6-2-7-13-23/h1-15,20H,16-19,21H2,(H,30,35). The summed E-state index contributed by atoms with van der Waals surface area (Å²) in [4.78, 5) is 30.0. The van der Waals surface area contributed by atoms with Gasteiger partial charge in [-0.2, -0.15) is 9.78 Å². The van der Waals surface area contributed by atoms with Gasteiger partial charge in [-0.15, -0.1) is 0 Å². The molecule has 182 valence electrons. The minimum absolute atomic E-state index is 0.140. The summed E-state index contributed by atoms with van der Waals surface area (Å²) in [6, 6.07) is 28.3. The summed E-state index contributed by atoms with van der Waals surface area (Å²) in [7, 11) is 0. The predicted molar refractivity (Wildman–Crippen MR) is 140 cm³/mol. The minimum atomic E-state index is -0.320. The number of anilines is 2. The molecule has 8 nitrogen and oxygen atoms in total. The number of aromatic nitrogens is 2. The minimum Gasteiger partial charge on any atom is -0.481 e. The Morgan fingerprint density at radius 3 is 2.11 bits per heavy atom. The molecule has 0 unspecified atom stereocenters. The summed E-state index contributed by atoms with van der Waals surface area (Å²) < 4.78 is 7.47. The van der Waals surface area contributed by atoms with Crippen LogP contribution in [0.5, 0.6) is 5.75 Å². The van der Waals surface area contributed by atoms with Crippen molar-refractivity contribution in [2.24, 2.45) is 0 Å². The quantitative estimate of drug-likeness (QED) is 0.447. The van der Waals surface area contributed by atoms with Crippen LogP contribution in [0.2, 0.25) is 0 Å². The van der Waals surface area contributed by atoms with Crippen molar-refractivity contribution in [3.8, 4) is 11.4 Å². The number of carbonyl (C=O) groups excluding carboxylic acids is 1. The molecule has 0 radical (unpaired) electrons. The Morgan fingerprint density at radius 1 is 0.833 bits per heavy atom. The molecule has 0 aliphatic carbocycles. The summed E-state index contributed by atoms with van der Waals surface area (Å²) in [5.41, 5.74) is 2.70. The molecule has 4 aromatic rings. The number of hydrogen-bond donors (Lipinski definition) is 1. The van der Waals surface area contributed by atoms with E-state index < -0.39 is 0 Å². The fourth-order valence-corrected chi connectivity index (χ4v) is 4.15. The van der Waals surface area contributed by atoms with Crippen LogP contribution in [0.4, 0.5) is 16.2 Å². The number of para-hydroxylation sites is 2. The third kappa shape index (κ3) is 5.22. The van der Waals surface area contributed by atoms with E-state index in [-0.39, 0.29) is 23.9 Å². The van der Waals surface area contributed by atoms with Crippen LogP contribution in [0.1, 0.15) is 5.56 Å². The summed E-state index contributed by atoms with van der Waals surface area (Å²) in [6.07, 6.45) is 1.68. The average molecular weight is 482 g/mol. The highest BCUT2D eigenvalue weighted by Crippen LogP contribution is 2.26. The summed E-state index contributed by atoms with van der Waals surface area (Å²) in [5.74, 6) is 0.250. The Balaban J connectivity index is 1.36. The SMILES string of the molecule is O=C(Nc1ccccc1)N1CCN(c2cnn(-c3ccccc3)c(=O)c2OCc2ccccc2)CC1. The predicted octanol–water partition coefficient (Wildman–Crippen LogP) is 4.17. The van der Waals surface area contributed by atoms with Crippen molar-refractivity contribution in [1.29, 1.82) is 0 Å². The lowest BCUT2D eigenvalue weighted by molar-refractivity contribution is 0.208. The molecule has 2 heterocycles. The Hall–Kier alpha value is -4.59.